The first kappa shape index (κ1) is 16.7. The Morgan fingerprint density at radius 3 is 2.83 bits per heavy atom. The maximum absolute atomic E-state index is 12.7. The first-order valence-electron chi connectivity index (χ1n) is 7.26. The summed E-state index contributed by atoms with van der Waals surface area (Å²) < 4.78 is 4.90. The predicted octanol–water partition coefficient (Wildman–Crippen LogP) is 3.25. The quantitative estimate of drug-likeness (QED) is 0.436. The smallest absolute Gasteiger partial charge is 0.340 e. The molecule has 0 aliphatic heterocycles. The van der Waals surface area contributed by atoms with E-state index in [0.29, 0.717) is 33.0 Å². The minimum Gasteiger partial charge on any atom is -0.465 e. The van der Waals surface area contributed by atoms with Crippen molar-refractivity contribution in [1.29, 1.82) is 0 Å². The lowest BCUT2D eigenvalue weighted by molar-refractivity contribution is 0.0600. The van der Waals surface area contributed by atoms with Crippen LogP contribution < -0.4 is 5.56 Å². The van der Waals surface area contributed by atoms with Crippen LogP contribution in [0.25, 0.3) is 21.5 Å². The number of fused-ring (bicyclic) bond motifs is 1. The van der Waals surface area contributed by atoms with E-state index in [0.717, 1.165) is 10.6 Å². The fraction of sp³-hybridized carbons (Fsp3) is 0.250. The molecule has 0 aliphatic rings. The fourth-order valence-electron chi connectivity index (χ4n) is 2.49. The van der Waals surface area contributed by atoms with Crippen LogP contribution in [0, 0.1) is 6.92 Å². The molecule has 8 heteroatoms. The van der Waals surface area contributed by atoms with Gasteiger partial charge in [0.05, 0.1) is 23.8 Å². The molecule has 0 radical (unpaired) electrons. The van der Waals surface area contributed by atoms with Gasteiger partial charge in [-0.05, 0) is 24.1 Å². The zero-order chi connectivity index (χ0) is 17.3. The van der Waals surface area contributed by atoms with Crippen LogP contribution in [0.1, 0.15) is 23.0 Å². The number of pyridine rings is 1. The van der Waals surface area contributed by atoms with Crippen molar-refractivity contribution in [3.05, 3.63) is 39.1 Å². The molecule has 1 N–H and O–H groups in total. The number of esters is 1. The van der Waals surface area contributed by atoms with E-state index in [-0.39, 0.29) is 5.56 Å². The second-order valence-corrected chi connectivity index (χ2v) is 7.12. The van der Waals surface area contributed by atoms with Gasteiger partial charge in [-0.2, -0.15) is 0 Å². The molecule has 3 aromatic heterocycles. The lowest BCUT2D eigenvalue weighted by Crippen LogP contribution is -2.16. The van der Waals surface area contributed by atoms with E-state index >= 15 is 0 Å². The molecular formula is C16H15N3O3S2. The Kier molecular flexibility index (Phi) is 4.68. The van der Waals surface area contributed by atoms with E-state index in [2.05, 4.69) is 15.0 Å². The molecule has 0 bridgehead atoms. The number of hydrogen-bond donors (Lipinski definition) is 1. The van der Waals surface area contributed by atoms with Crippen LogP contribution in [0.15, 0.2) is 27.5 Å². The second-order valence-electron chi connectivity index (χ2n) is 4.92. The third-order valence-electron chi connectivity index (χ3n) is 3.45. The summed E-state index contributed by atoms with van der Waals surface area (Å²) in [6.45, 7) is 3.70. The van der Waals surface area contributed by atoms with Crippen molar-refractivity contribution in [1.82, 2.24) is 15.0 Å². The minimum atomic E-state index is -0.517. The maximum atomic E-state index is 12.7. The molecule has 0 atom stereocenters. The van der Waals surface area contributed by atoms with Gasteiger partial charge in [0, 0.05) is 10.4 Å². The Morgan fingerprint density at radius 1 is 1.42 bits per heavy atom. The van der Waals surface area contributed by atoms with Gasteiger partial charge in [-0.1, -0.05) is 24.8 Å². The average molecular weight is 361 g/mol. The molecular weight excluding hydrogens is 346 g/mol. The van der Waals surface area contributed by atoms with Gasteiger partial charge in [-0.3, -0.25) is 4.79 Å². The van der Waals surface area contributed by atoms with E-state index in [9.17, 15) is 9.59 Å². The number of aryl methyl sites for hydroxylation is 1. The van der Waals surface area contributed by atoms with Gasteiger partial charge in [-0.15, -0.1) is 11.3 Å². The summed E-state index contributed by atoms with van der Waals surface area (Å²) in [6.07, 6.45) is 0. The number of carbonyl (C=O) groups is 1. The summed E-state index contributed by atoms with van der Waals surface area (Å²) in [5.41, 5.74) is 1.35. The molecule has 0 amide bonds. The number of nitrogens with one attached hydrogen (secondary N) is 1. The van der Waals surface area contributed by atoms with Gasteiger partial charge in [0.15, 0.2) is 10.8 Å². The summed E-state index contributed by atoms with van der Waals surface area (Å²) in [4.78, 5) is 37.3. The van der Waals surface area contributed by atoms with E-state index in [4.69, 9.17) is 4.74 Å². The third kappa shape index (κ3) is 2.83. The van der Waals surface area contributed by atoms with Crippen molar-refractivity contribution in [2.75, 3.05) is 12.9 Å². The van der Waals surface area contributed by atoms with Crippen LogP contribution in [0.4, 0.5) is 0 Å². The van der Waals surface area contributed by atoms with Crippen molar-refractivity contribution in [3.63, 3.8) is 0 Å². The van der Waals surface area contributed by atoms with E-state index in [1.165, 1.54) is 30.2 Å². The van der Waals surface area contributed by atoms with Crippen LogP contribution in [-0.2, 0) is 4.74 Å². The van der Waals surface area contributed by atoms with Crippen LogP contribution >= 0.6 is 23.1 Å². The number of H-pyrrole nitrogens is 1. The predicted molar refractivity (Wildman–Crippen MR) is 95.9 cm³/mol. The molecule has 0 spiro atoms. The number of hydrogen-bond acceptors (Lipinski definition) is 7. The molecule has 3 aromatic rings. The molecule has 124 valence electrons. The molecule has 24 heavy (non-hydrogen) atoms. The highest BCUT2D eigenvalue weighted by Crippen LogP contribution is 2.34. The SMILES string of the molecule is CCSc1nc2nc(C)c(C(=O)OC)c(-c3cccs3)c2c(=O)[nH]1. The number of thiophene rings is 1. The molecule has 6 nitrogen and oxygen atoms in total. The highest BCUT2D eigenvalue weighted by Gasteiger charge is 2.24. The lowest BCUT2D eigenvalue weighted by Gasteiger charge is -2.12. The van der Waals surface area contributed by atoms with E-state index in [1.807, 2.05) is 24.4 Å². The van der Waals surface area contributed by atoms with E-state index in [1.54, 1.807) is 6.92 Å². The molecule has 0 aromatic carbocycles. The highest BCUT2D eigenvalue weighted by molar-refractivity contribution is 7.99. The number of aromatic nitrogens is 3. The van der Waals surface area contributed by atoms with Crippen molar-refractivity contribution in [2.45, 2.75) is 19.0 Å². The number of ether oxygens (including phenoxy) is 1. The summed E-state index contributed by atoms with van der Waals surface area (Å²) in [5.74, 6) is 0.266. The van der Waals surface area contributed by atoms with Crippen molar-refractivity contribution in [2.24, 2.45) is 0 Å². The largest absolute Gasteiger partial charge is 0.465 e. The number of aromatic amines is 1. The average Bonchev–Trinajstić information content (AvgIpc) is 3.07. The highest BCUT2D eigenvalue weighted by atomic mass is 32.2. The zero-order valence-corrected chi connectivity index (χ0v) is 15.0. The summed E-state index contributed by atoms with van der Waals surface area (Å²) in [6, 6.07) is 3.73. The molecule has 0 unspecified atom stereocenters. The molecule has 0 saturated carbocycles. The number of rotatable bonds is 4. The van der Waals surface area contributed by atoms with Crippen molar-refractivity contribution >= 4 is 40.1 Å². The molecule has 3 heterocycles. The Hall–Kier alpha value is -2.19. The molecule has 3 rings (SSSR count). The number of methoxy groups -OCH3 is 1. The normalized spacial score (nSPS) is 11.0. The van der Waals surface area contributed by atoms with Crippen LogP contribution in [0.5, 0.6) is 0 Å². The Morgan fingerprint density at radius 2 is 2.21 bits per heavy atom. The van der Waals surface area contributed by atoms with Crippen molar-refractivity contribution < 1.29 is 9.53 Å². The minimum absolute atomic E-state index is 0.302. The summed E-state index contributed by atoms with van der Waals surface area (Å²) in [5, 5.41) is 2.72. The Bertz CT molecular complexity index is 965. The first-order chi connectivity index (χ1) is 11.6. The first-order valence-corrected chi connectivity index (χ1v) is 9.13. The Balaban J connectivity index is 2.45. The lowest BCUT2D eigenvalue weighted by atomic mass is 10.0. The van der Waals surface area contributed by atoms with Gasteiger partial charge < -0.3 is 9.72 Å². The van der Waals surface area contributed by atoms with Gasteiger partial charge in [0.1, 0.15) is 0 Å². The van der Waals surface area contributed by atoms with E-state index < -0.39 is 5.97 Å². The number of nitrogens with zero attached hydrogens (tertiary/aromatic N) is 2. The molecule has 0 saturated heterocycles. The van der Waals surface area contributed by atoms with Crippen LogP contribution in [-0.4, -0.2) is 33.8 Å². The Labute approximate surface area is 146 Å². The van der Waals surface area contributed by atoms with Crippen LogP contribution in [0.2, 0.25) is 0 Å². The zero-order valence-electron chi connectivity index (χ0n) is 13.4. The van der Waals surface area contributed by atoms with Gasteiger partial charge in [0.25, 0.3) is 5.56 Å². The monoisotopic (exact) mass is 361 g/mol. The van der Waals surface area contributed by atoms with Crippen LogP contribution in [0.3, 0.4) is 0 Å². The van der Waals surface area contributed by atoms with Gasteiger partial charge >= 0.3 is 5.97 Å². The second kappa shape index (κ2) is 6.74. The summed E-state index contributed by atoms with van der Waals surface area (Å²) in [7, 11) is 1.31. The maximum Gasteiger partial charge on any atom is 0.340 e. The molecule has 0 fully saturated rings. The summed E-state index contributed by atoms with van der Waals surface area (Å²) >= 11 is 2.88. The molecule has 0 aliphatic carbocycles. The third-order valence-corrected chi connectivity index (χ3v) is 5.09. The number of thioether (sulfide) groups is 1. The standard InChI is InChI=1S/C16H15N3O3S2/c1-4-23-16-18-13-12(14(20)19-16)11(9-6-5-7-24-9)10(8(2)17-13)15(21)22-3/h5-7H,4H2,1-3H3,(H,17,18,19,20). The fourth-order valence-corrected chi connectivity index (χ4v) is 3.86. The van der Waals surface area contributed by atoms with Gasteiger partial charge in [0.2, 0.25) is 0 Å². The van der Waals surface area contributed by atoms with Crippen molar-refractivity contribution in [3.8, 4) is 10.4 Å². The van der Waals surface area contributed by atoms with Gasteiger partial charge in [-0.25, -0.2) is 14.8 Å². The topological polar surface area (TPSA) is 84.9 Å². The number of carbonyl (C=O) groups excluding carboxylic acids is 1.